The zero-order valence-electron chi connectivity index (χ0n) is 17.1. The lowest BCUT2D eigenvalue weighted by atomic mass is 10.1. The molecule has 0 aliphatic heterocycles. The van der Waals surface area contributed by atoms with Crippen LogP contribution in [0.4, 0.5) is 21.6 Å². The number of anilines is 2. The van der Waals surface area contributed by atoms with Gasteiger partial charge in [0.2, 0.25) is 5.88 Å². The van der Waals surface area contributed by atoms with E-state index < -0.39 is 5.82 Å². The maximum Gasteiger partial charge on any atom is 0.288 e. The van der Waals surface area contributed by atoms with Gasteiger partial charge in [0, 0.05) is 17.7 Å². The van der Waals surface area contributed by atoms with Gasteiger partial charge in [-0.05, 0) is 49.6 Å². The van der Waals surface area contributed by atoms with Crippen LogP contribution >= 0.6 is 0 Å². The first kappa shape index (κ1) is 20.2. The average molecular weight is 414 g/mol. The van der Waals surface area contributed by atoms with Crippen LogP contribution in [0.15, 0.2) is 48.3 Å². The third kappa shape index (κ3) is 4.28. The summed E-state index contributed by atoms with van der Waals surface area (Å²) in [6.45, 7) is 11.0. The molecule has 0 bridgehead atoms. The lowest BCUT2D eigenvalue weighted by molar-refractivity contribution is -0.116. The third-order valence-electron chi connectivity index (χ3n) is 4.87. The van der Waals surface area contributed by atoms with Crippen molar-refractivity contribution in [2.75, 3.05) is 5.32 Å². The summed E-state index contributed by atoms with van der Waals surface area (Å²) in [6, 6.07) is 10.6. The van der Waals surface area contributed by atoms with Gasteiger partial charge in [-0.25, -0.2) is 19.2 Å². The largest absolute Gasteiger partial charge is 0.446 e. The number of halogens is 1. The molecule has 0 saturated heterocycles. The summed E-state index contributed by atoms with van der Waals surface area (Å²) < 4.78 is 20.6. The predicted octanol–water partition coefficient (Wildman–Crippen LogP) is 5.79. The van der Waals surface area contributed by atoms with Crippen molar-refractivity contribution in [3.8, 4) is 11.6 Å². The first-order valence-corrected chi connectivity index (χ1v) is 9.69. The number of nitrogens with one attached hydrogen (secondary N) is 1. The van der Waals surface area contributed by atoms with Gasteiger partial charge in [-0.15, -0.1) is 0 Å². The van der Waals surface area contributed by atoms with E-state index in [0.29, 0.717) is 24.1 Å². The number of carbonyl (C=O) groups excluding carboxylic acids is 1. The highest BCUT2D eigenvalue weighted by Gasteiger charge is 2.21. The normalized spacial score (nSPS) is 12.0. The predicted molar refractivity (Wildman–Crippen MR) is 116 cm³/mol. The first-order valence-electron chi connectivity index (χ1n) is 9.69. The molecule has 2 aromatic carbocycles. The minimum Gasteiger partial charge on any atom is -0.446 e. The molecule has 6 nitrogen and oxygen atoms in total. The number of carbonyl (C=O) groups is 1. The lowest BCUT2D eigenvalue weighted by Crippen LogP contribution is -2.00. The van der Waals surface area contributed by atoms with Crippen molar-refractivity contribution in [2.24, 2.45) is 0 Å². The van der Waals surface area contributed by atoms with E-state index in [2.05, 4.69) is 20.1 Å². The minimum absolute atomic E-state index is 0.00726. The van der Waals surface area contributed by atoms with Crippen molar-refractivity contribution in [1.82, 2.24) is 9.97 Å². The Labute approximate surface area is 179 Å². The monoisotopic (exact) mass is 414 g/mol. The molecule has 1 aliphatic carbocycles. The van der Waals surface area contributed by atoms with E-state index >= 15 is 0 Å². The number of allylic oxidation sites excluding steroid dienone is 1. The summed E-state index contributed by atoms with van der Waals surface area (Å²) in [5, 5.41) is 3.06. The number of ether oxygens (including phenoxy) is 1. The van der Waals surface area contributed by atoms with Crippen LogP contribution in [-0.4, -0.2) is 15.8 Å². The molecule has 1 aliphatic rings. The minimum atomic E-state index is -0.473. The number of Topliss-reactive ketones (excluding diaryl/α,β-unsaturated/α-hetero) is 1. The van der Waals surface area contributed by atoms with Gasteiger partial charge in [0.15, 0.2) is 11.6 Å². The summed E-state index contributed by atoms with van der Waals surface area (Å²) in [6.07, 6.45) is 4.13. The Morgan fingerprint density at radius 3 is 2.71 bits per heavy atom. The maximum absolute atomic E-state index is 14.9. The van der Waals surface area contributed by atoms with E-state index in [1.807, 2.05) is 25.1 Å². The SMILES string of the molecule is [C-]#[N+]c1c(Nc2ccc(CC(C)=O)cc2)ncnc1Oc1ccc2c(c1F)C=C(C)C2. The van der Waals surface area contributed by atoms with Crippen molar-refractivity contribution in [3.05, 3.63) is 82.2 Å². The molecule has 0 saturated carbocycles. The Morgan fingerprint density at radius 2 is 2.00 bits per heavy atom. The molecule has 1 heterocycles. The number of rotatable bonds is 6. The van der Waals surface area contributed by atoms with Crippen LogP contribution in [0.25, 0.3) is 10.9 Å². The van der Waals surface area contributed by atoms with Crippen molar-refractivity contribution >= 4 is 29.1 Å². The second-order valence-corrected chi connectivity index (χ2v) is 7.41. The topological polar surface area (TPSA) is 68.5 Å². The second kappa shape index (κ2) is 8.36. The molecular formula is C24H19FN4O2. The molecule has 1 N–H and O–H groups in total. The molecule has 1 aromatic heterocycles. The number of nitrogens with zero attached hydrogens (tertiary/aromatic N) is 3. The van der Waals surface area contributed by atoms with Crippen LogP contribution in [0, 0.1) is 12.4 Å². The van der Waals surface area contributed by atoms with Gasteiger partial charge in [-0.1, -0.05) is 29.8 Å². The van der Waals surface area contributed by atoms with Gasteiger partial charge in [0.05, 0.1) is 6.57 Å². The molecule has 154 valence electrons. The van der Waals surface area contributed by atoms with E-state index in [4.69, 9.17) is 11.3 Å². The Morgan fingerprint density at radius 1 is 1.23 bits per heavy atom. The molecule has 7 heteroatoms. The molecular weight excluding hydrogens is 395 g/mol. The fourth-order valence-electron chi connectivity index (χ4n) is 3.46. The lowest BCUT2D eigenvalue weighted by Gasteiger charge is -2.13. The Kier molecular flexibility index (Phi) is 5.46. The highest BCUT2D eigenvalue weighted by molar-refractivity contribution is 5.79. The highest BCUT2D eigenvalue weighted by atomic mass is 19.1. The van der Waals surface area contributed by atoms with Crippen molar-refractivity contribution in [1.29, 1.82) is 0 Å². The van der Waals surface area contributed by atoms with Crippen molar-refractivity contribution in [3.63, 3.8) is 0 Å². The second-order valence-electron chi connectivity index (χ2n) is 7.41. The first-order chi connectivity index (χ1) is 14.9. The molecule has 0 radical (unpaired) electrons. The summed E-state index contributed by atoms with van der Waals surface area (Å²) in [7, 11) is 0. The van der Waals surface area contributed by atoms with E-state index in [9.17, 15) is 9.18 Å². The smallest absolute Gasteiger partial charge is 0.288 e. The van der Waals surface area contributed by atoms with E-state index in [-0.39, 0.29) is 28.9 Å². The summed E-state index contributed by atoms with van der Waals surface area (Å²) in [4.78, 5) is 22.9. The molecule has 0 fully saturated rings. The van der Waals surface area contributed by atoms with Crippen molar-refractivity contribution < 1.29 is 13.9 Å². The summed E-state index contributed by atoms with van der Waals surface area (Å²) in [5.74, 6) is -0.166. The number of benzene rings is 2. The van der Waals surface area contributed by atoms with Gasteiger partial charge < -0.3 is 10.1 Å². The third-order valence-corrected chi connectivity index (χ3v) is 4.87. The van der Waals surface area contributed by atoms with Crippen molar-refractivity contribution in [2.45, 2.75) is 26.7 Å². The van der Waals surface area contributed by atoms with Gasteiger partial charge >= 0.3 is 0 Å². The Balaban J connectivity index is 1.60. The van der Waals surface area contributed by atoms with Gasteiger partial charge in [0.25, 0.3) is 5.69 Å². The zero-order valence-corrected chi connectivity index (χ0v) is 17.1. The van der Waals surface area contributed by atoms with Gasteiger partial charge in [-0.2, -0.15) is 0 Å². The summed E-state index contributed by atoms with van der Waals surface area (Å²) >= 11 is 0. The van der Waals surface area contributed by atoms with Gasteiger partial charge in [0.1, 0.15) is 17.9 Å². The molecule has 31 heavy (non-hydrogen) atoms. The Bertz CT molecular complexity index is 1240. The van der Waals surface area contributed by atoms with E-state index in [1.165, 1.54) is 13.3 Å². The van der Waals surface area contributed by atoms with Crippen LogP contribution in [0.1, 0.15) is 30.5 Å². The number of hydrogen-bond donors (Lipinski definition) is 1. The van der Waals surface area contributed by atoms with Crippen LogP contribution in [-0.2, 0) is 17.6 Å². The van der Waals surface area contributed by atoms with Crippen LogP contribution in [0.5, 0.6) is 11.6 Å². The molecule has 0 unspecified atom stereocenters. The van der Waals surface area contributed by atoms with E-state index in [1.54, 1.807) is 24.3 Å². The maximum atomic E-state index is 14.9. The number of ketones is 1. The highest BCUT2D eigenvalue weighted by Crippen LogP contribution is 2.39. The van der Waals surface area contributed by atoms with Gasteiger partial charge in [-0.3, -0.25) is 4.79 Å². The number of hydrogen-bond acceptors (Lipinski definition) is 5. The molecule has 0 atom stereocenters. The number of aromatic nitrogens is 2. The quantitative estimate of drug-likeness (QED) is 0.517. The average Bonchev–Trinajstić information content (AvgIpc) is 3.13. The van der Waals surface area contributed by atoms with Crippen LogP contribution in [0.2, 0.25) is 0 Å². The molecule has 3 aromatic rings. The van der Waals surface area contributed by atoms with Crippen LogP contribution in [0.3, 0.4) is 0 Å². The van der Waals surface area contributed by atoms with E-state index in [0.717, 1.165) is 16.7 Å². The standard InChI is InChI=1S/C24H19FN4O2/c1-14-10-17-6-9-20(21(25)19(17)11-14)31-24-22(26-3)23(27-13-28-24)29-18-7-4-16(5-8-18)12-15(2)30/h4-9,11,13H,10,12H2,1-2H3,(H,27,28,29). The number of fused-ring (bicyclic) bond motifs is 1. The molecule has 4 rings (SSSR count). The Hall–Kier alpha value is -4.05. The molecule has 0 amide bonds. The molecule has 0 spiro atoms. The fraction of sp³-hybridized carbons (Fsp3) is 0.167. The van der Waals surface area contributed by atoms with Crippen LogP contribution < -0.4 is 10.1 Å². The fourth-order valence-corrected chi connectivity index (χ4v) is 3.46. The summed E-state index contributed by atoms with van der Waals surface area (Å²) in [5.41, 5.74) is 4.12. The zero-order chi connectivity index (χ0) is 22.0.